The summed E-state index contributed by atoms with van der Waals surface area (Å²) in [5, 5.41) is 0.329. The molecule has 1 aromatic carbocycles. The van der Waals surface area contributed by atoms with E-state index in [-0.39, 0.29) is 17.3 Å². The first-order valence-corrected chi connectivity index (χ1v) is 7.66. The van der Waals surface area contributed by atoms with Crippen LogP contribution in [0.5, 0.6) is 0 Å². The van der Waals surface area contributed by atoms with Crippen LogP contribution in [0, 0.1) is 23.1 Å². The van der Waals surface area contributed by atoms with Gasteiger partial charge in [0.1, 0.15) is 5.82 Å². The van der Waals surface area contributed by atoms with Crippen molar-refractivity contribution < 1.29 is 9.18 Å². The normalized spacial score (nSPS) is 23.6. The fraction of sp³-hybridized carbons (Fsp3) is 0.588. The van der Waals surface area contributed by atoms with Gasteiger partial charge in [0.05, 0.1) is 5.56 Å². The first-order chi connectivity index (χ1) is 9.29. The van der Waals surface area contributed by atoms with Crippen LogP contribution in [0.2, 0.25) is 5.02 Å². The van der Waals surface area contributed by atoms with E-state index in [0.29, 0.717) is 16.4 Å². The minimum Gasteiger partial charge on any atom is -0.294 e. The molecule has 0 heterocycles. The standard InChI is InChI=1S/C17H22ClFO/c1-17(2,3)12-6-4-11(5-7-12)16(20)14-9-8-13(18)10-15(14)19/h8-12H,4-7H2,1-3H3. The zero-order valence-electron chi connectivity index (χ0n) is 12.4. The van der Waals surface area contributed by atoms with Gasteiger partial charge in [-0.2, -0.15) is 0 Å². The molecule has 3 heteroatoms. The number of hydrogen-bond acceptors (Lipinski definition) is 1. The number of rotatable bonds is 2. The first-order valence-electron chi connectivity index (χ1n) is 7.28. The van der Waals surface area contributed by atoms with E-state index in [1.54, 1.807) is 6.07 Å². The average Bonchev–Trinajstić information content (AvgIpc) is 2.37. The molecule has 1 aromatic rings. The van der Waals surface area contributed by atoms with Gasteiger partial charge >= 0.3 is 0 Å². The number of Topliss-reactive ketones (excluding diaryl/α,β-unsaturated/α-hetero) is 1. The number of carbonyl (C=O) groups excluding carboxylic acids is 1. The third-order valence-corrected chi connectivity index (χ3v) is 4.75. The minimum absolute atomic E-state index is 0.0377. The second-order valence-electron chi connectivity index (χ2n) is 6.90. The van der Waals surface area contributed by atoms with Crippen LogP contribution in [0.15, 0.2) is 18.2 Å². The third-order valence-electron chi connectivity index (χ3n) is 4.52. The molecule has 1 saturated carbocycles. The summed E-state index contributed by atoms with van der Waals surface area (Å²) in [5.41, 5.74) is 0.480. The molecule has 0 spiro atoms. The molecule has 2 rings (SSSR count). The van der Waals surface area contributed by atoms with Gasteiger partial charge in [0.15, 0.2) is 5.78 Å². The van der Waals surface area contributed by atoms with Crippen LogP contribution >= 0.6 is 11.6 Å². The molecule has 0 aliphatic heterocycles. The predicted octanol–water partition coefficient (Wildman–Crippen LogP) is 5.51. The SMILES string of the molecule is CC(C)(C)C1CCC(C(=O)c2ccc(Cl)cc2F)CC1. The maximum atomic E-state index is 13.8. The van der Waals surface area contributed by atoms with Crippen molar-refractivity contribution in [3.63, 3.8) is 0 Å². The molecule has 0 bridgehead atoms. The van der Waals surface area contributed by atoms with E-state index in [2.05, 4.69) is 20.8 Å². The van der Waals surface area contributed by atoms with Gasteiger partial charge < -0.3 is 0 Å². The maximum Gasteiger partial charge on any atom is 0.168 e. The summed E-state index contributed by atoms with van der Waals surface area (Å²) >= 11 is 5.73. The van der Waals surface area contributed by atoms with Crippen molar-refractivity contribution in [2.45, 2.75) is 46.5 Å². The molecule has 0 N–H and O–H groups in total. The molecule has 20 heavy (non-hydrogen) atoms. The lowest BCUT2D eigenvalue weighted by Gasteiger charge is -2.36. The monoisotopic (exact) mass is 296 g/mol. The Hall–Kier alpha value is -0.890. The molecular formula is C17H22ClFO. The van der Waals surface area contributed by atoms with Crippen LogP contribution in [-0.2, 0) is 0 Å². The molecule has 0 saturated heterocycles. The van der Waals surface area contributed by atoms with Gasteiger partial charge in [-0.25, -0.2) is 4.39 Å². The van der Waals surface area contributed by atoms with Crippen molar-refractivity contribution >= 4 is 17.4 Å². The molecular weight excluding hydrogens is 275 g/mol. The predicted molar refractivity (Wildman–Crippen MR) is 80.6 cm³/mol. The van der Waals surface area contributed by atoms with Crippen molar-refractivity contribution in [3.8, 4) is 0 Å². The summed E-state index contributed by atoms with van der Waals surface area (Å²) < 4.78 is 13.8. The molecule has 1 aliphatic rings. The summed E-state index contributed by atoms with van der Waals surface area (Å²) in [4.78, 5) is 12.4. The minimum atomic E-state index is -0.500. The topological polar surface area (TPSA) is 17.1 Å². The van der Waals surface area contributed by atoms with Crippen molar-refractivity contribution in [1.29, 1.82) is 0 Å². The van der Waals surface area contributed by atoms with E-state index < -0.39 is 5.82 Å². The zero-order valence-corrected chi connectivity index (χ0v) is 13.1. The molecule has 1 fully saturated rings. The van der Waals surface area contributed by atoms with Gasteiger partial charge in [0.25, 0.3) is 0 Å². The highest BCUT2D eigenvalue weighted by molar-refractivity contribution is 6.30. The number of carbonyl (C=O) groups is 1. The highest BCUT2D eigenvalue weighted by atomic mass is 35.5. The van der Waals surface area contributed by atoms with Crippen LogP contribution < -0.4 is 0 Å². The van der Waals surface area contributed by atoms with Gasteiger partial charge in [0.2, 0.25) is 0 Å². The lowest BCUT2D eigenvalue weighted by Crippen LogP contribution is -2.29. The molecule has 0 aromatic heterocycles. The Morgan fingerprint density at radius 2 is 1.80 bits per heavy atom. The van der Waals surface area contributed by atoms with Crippen LogP contribution in [0.25, 0.3) is 0 Å². The zero-order chi connectivity index (χ0) is 14.9. The van der Waals surface area contributed by atoms with Crippen LogP contribution in [0.3, 0.4) is 0 Å². The number of hydrogen-bond donors (Lipinski definition) is 0. The Labute approximate surface area is 125 Å². The highest BCUT2D eigenvalue weighted by Gasteiger charge is 2.33. The molecule has 110 valence electrons. The van der Waals surface area contributed by atoms with Gasteiger partial charge in [-0.1, -0.05) is 32.4 Å². The number of halogens is 2. The Balaban J connectivity index is 2.05. The van der Waals surface area contributed by atoms with Crippen molar-refractivity contribution in [2.75, 3.05) is 0 Å². The van der Waals surface area contributed by atoms with Gasteiger partial charge in [-0.05, 0) is 55.2 Å². The molecule has 0 amide bonds. The maximum absolute atomic E-state index is 13.8. The van der Waals surface area contributed by atoms with Crippen molar-refractivity contribution in [2.24, 2.45) is 17.3 Å². The second-order valence-corrected chi connectivity index (χ2v) is 7.34. The summed E-state index contributed by atoms with van der Waals surface area (Å²) in [6.07, 6.45) is 3.83. The van der Waals surface area contributed by atoms with Crippen LogP contribution in [0.1, 0.15) is 56.8 Å². The smallest absolute Gasteiger partial charge is 0.168 e. The molecule has 0 unspecified atom stereocenters. The third kappa shape index (κ3) is 3.41. The fourth-order valence-electron chi connectivity index (χ4n) is 3.13. The van der Waals surface area contributed by atoms with Gasteiger partial charge in [0, 0.05) is 10.9 Å². The largest absolute Gasteiger partial charge is 0.294 e. The van der Waals surface area contributed by atoms with Crippen LogP contribution in [-0.4, -0.2) is 5.78 Å². The molecule has 1 nitrogen and oxygen atoms in total. The number of benzene rings is 1. The second kappa shape index (κ2) is 5.85. The Bertz CT molecular complexity index is 496. The van der Waals surface area contributed by atoms with Crippen molar-refractivity contribution in [1.82, 2.24) is 0 Å². The Morgan fingerprint density at radius 3 is 2.30 bits per heavy atom. The van der Waals surface area contributed by atoms with Gasteiger partial charge in [-0.3, -0.25) is 4.79 Å². The van der Waals surface area contributed by atoms with Gasteiger partial charge in [-0.15, -0.1) is 0 Å². The average molecular weight is 297 g/mol. The highest BCUT2D eigenvalue weighted by Crippen LogP contribution is 2.40. The van der Waals surface area contributed by atoms with Crippen LogP contribution in [0.4, 0.5) is 4.39 Å². The van der Waals surface area contributed by atoms with E-state index in [0.717, 1.165) is 25.7 Å². The van der Waals surface area contributed by atoms with E-state index in [1.165, 1.54) is 12.1 Å². The van der Waals surface area contributed by atoms with E-state index in [1.807, 2.05) is 0 Å². The summed E-state index contributed by atoms with van der Waals surface area (Å²) in [6.45, 7) is 6.75. The summed E-state index contributed by atoms with van der Waals surface area (Å²) in [7, 11) is 0. The lowest BCUT2D eigenvalue weighted by molar-refractivity contribution is 0.0815. The van der Waals surface area contributed by atoms with E-state index in [9.17, 15) is 9.18 Å². The Kier molecular flexibility index (Phi) is 4.53. The quantitative estimate of drug-likeness (QED) is 0.657. The molecule has 0 atom stereocenters. The summed E-state index contributed by atoms with van der Waals surface area (Å²) in [6, 6.07) is 4.31. The fourth-order valence-corrected chi connectivity index (χ4v) is 3.29. The van der Waals surface area contributed by atoms with Crippen molar-refractivity contribution in [3.05, 3.63) is 34.6 Å². The van der Waals surface area contributed by atoms with E-state index in [4.69, 9.17) is 11.6 Å². The first kappa shape index (κ1) is 15.5. The lowest BCUT2D eigenvalue weighted by atomic mass is 9.69. The number of ketones is 1. The van der Waals surface area contributed by atoms with E-state index >= 15 is 0 Å². The molecule has 1 aliphatic carbocycles. The molecule has 0 radical (unpaired) electrons. The Morgan fingerprint density at radius 1 is 1.20 bits per heavy atom. The summed E-state index contributed by atoms with van der Waals surface area (Å²) in [5.74, 6) is 0.0536.